The molecule has 0 aliphatic rings. The smallest absolute Gasteiger partial charge is 0.131 e. The van der Waals surface area contributed by atoms with E-state index in [2.05, 4.69) is 55.5 Å². The summed E-state index contributed by atoms with van der Waals surface area (Å²) in [6.07, 6.45) is 0. The highest BCUT2D eigenvalue weighted by Crippen LogP contribution is 2.36. The van der Waals surface area contributed by atoms with E-state index in [4.69, 9.17) is 0 Å². The molecule has 0 spiro atoms. The highest BCUT2D eigenvalue weighted by molar-refractivity contribution is 5.78. The molecule has 0 radical (unpaired) electrons. The Morgan fingerprint density at radius 3 is 0.500 bits per heavy atom. The van der Waals surface area contributed by atoms with Gasteiger partial charge < -0.3 is 0 Å². The zero-order valence-electron chi connectivity index (χ0n) is 57.3. The van der Waals surface area contributed by atoms with Crippen LogP contribution < -0.4 is 0 Å². The fourth-order valence-corrected chi connectivity index (χ4v) is 11.5. The van der Waals surface area contributed by atoms with E-state index < -0.39 is 34.9 Å². The molecule has 14 aromatic carbocycles. The normalized spacial score (nSPS) is 10.8. The Labute approximate surface area is 589 Å². The molecule has 0 aromatic heterocycles. The molecular weight excluding hydrogens is 1290 g/mol. The van der Waals surface area contributed by atoms with Gasteiger partial charge in [-0.3, -0.25) is 0 Å². The first kappa shape index (κ1) is 71.7. The third-order valence-electron chi connectivity index (χ3n) is 18.0. The van der Waals surface area contributed by atoms with Gasteiger partial charge in [-0.05, 0) is 216 Å². The molecule has 0 heterocycles. The number of aryl methyl sites for hydroxylation is 6. The number of hydrogen-bond donors (Lipinski definition) is 0. The van der Waals surface area contributed by atoms with Crippen molar-refractivity contribution < 1.29 is 43.9 Å². The molecule has 14 rings (SSSR count). The van der Waals surface area contributed by atoms with E-state index in [-0.39, 0.29) is 56.6 Å². The predicted molar refractivity (Wildman–Crippen MR) is 398 cm³/mol. The minimum absolute atomic E-state index is 0.0644. The molecule has 14 aromatic rings. The zero-order valence-corrected chi connectivity index (χ0v) is 57.3. The molecule has 0 amide bonds. The topological polar surface area (TPSA) is 0 Å². The second kappa shape index (κ2) is 31.7. The van der Waals surface area contributed by atoms with Crippen LogP contribution in [0.5, 0.6) is 0 Å². The van der Waals surface area contributed by atoms with Gasteiger partial charge in [0.25, 0.3) is 0 Å². The van der Waals surface area contributed by atoms with Gasteiger partial charge in [0.2, 0.25) is 0 Å². The van der Waals surface area contributed by atoms with E-state index in [1.165, 1.54) is 61.4 Å². The molecule has 0 unspecified atom stereocenters. The van der Waals surface area contributed by atoms with Crippen molar-refractivity contribution in [3.05, 3.63) is 382 Å². The second-order valence-electron chi connectivity index (χ2n) is 25.5. The molecule has 0 bridgehead atoms. The van der Waals surface area contributed by atoms with Crippen LogP contribution in [0.25, 0.3) is 111 Å². The maximum atomic E-state index is 14.7. The second-order valence-corrected chi connectivity index (χ2v) is 25.5. The number of rotatable bonds is 10. The summed E-state index contributed by atoms with van der Waals surface area (Å²) in [5.41, 5.74) is 19.5. The first-order valence-corrected chi connectivity index (χ1v) is 33.1. The van der Waals surface area contributed by atoms with Crippen LogP contribution >= 0.6 is 0 Å². The van der Waals surface area contributed by atoms with Crippen molar-refractivity contribution in [1.29, 1.82) is 0 Å². The molecule has 0 N–H and O–H groups in total. The highest BCUT2D eigenvalue weighted by atomic mass is 19.2. The van der Waals surface area contributed by atoms with Crippen LogP contribution in [0.3, 0.4) is 0 Å². The maximum absolute atomic E-state index is 14.7. The minimum atomic E-state index is -0.685. The lowest BCUT2D eigenvalue weighted by molar-refractivity contribution is 0.567. The third-order valence-corrected chi connectivity index (χ3v) is 18.0. The van der Waals surface area contributed by atoms with Gasteiger partial charge in [0, 0.05) is 33.4 Å². The largest absolute Gasteiger partial charge is 0.207 e. The zero-order chi connectivity index (χ0) is 72.5. The van der Waals surface area contributed by atoms with Gasteiger partial charge in [-0.15, -0.1) is 0 Å². The summed E-state index contributed by atoms with van der Waals surface area (Å²) in [4.78, 5) is 0. The van der Waals surface area contributed by atoms with Gasteiger partial charge in [-0.1, -0.05) is 241 Å². The summed E-state index contributed by atoms with van der Waals surface area (Å²) in [7, 11) is 0. The predicted octanol–water partition coefficient (Wildman–Crippen LogP) is 27.3. The number of benzene rings is 14. The first-order chi connectivity index (χ1) is 48.9. The molecule has 0 aliphatic heterocycles. The van der Waals surface area contributed by atoms with Crippen molar-refractivity contribution in [3.63, 3.8) is 0 Å². The van der Waals surface area contributed by atoms with Gasteiger partial charge in [-0.2, -0.15) is 0 Å². The molecule has 0 aliphatic carbocycles. The molecule has 0 atom stereocenters. The van der Waals surface area contributed by atoms with Crippen LogP contribution in [0.2, 0.25) is 0 Å². The van der Waals surface area contributed by atoms with Gasteiger partial charge in [0.1, 0.15) is 58.2 Å². The Bertz CT molecular complexity index is 5260. The average Bonchev–Trinajstić information content (AvgIpc) is 0.766. The first-order valence-electron chi connectivity index (χ1n) is 33.1. The van der Waals surface area contributed by atoms with E-state index in [9.17, 15) is 43.9 Å². The maximum Gasteiger partial charge on any atom is 0.131 e. The molecule has 0 saturated carbocycles. The van der Waals surface area contributed by atoms with Crippen molar-refractivity contribution in [3.8, 4) is 111 Å². The van der Waals surface area contributed by atoms with Crippen molar-refractivity contribution in [1.82, 2.24) is 0 Å². The van der Waals surface area contributed by atoms with Gasteiger partial charge in [0.15, 0.2) is 0 Å². The lowest BCUT2D eigenvalue weighted by atomic mass is 9.97. The SMILES string of the molecule is Cc1ccc(-c2ccc(-c3cc(F)c(C)c(F)c3)c(F)c2)cc1.Cc1ccc(-c2ccc(-c3ccc(-c4cc(F)c(C)c(F)c4)c(F)c3)cc2)cc1.Cc1ccc(-c2ccc(-c3ccc(-c4ccc(C)c(F)c4)c(F)c3)cc2)cc1.Cc1ccc(-c2ccc(-c3ccc(C)c(F)c3)c(F)c2)cc1. The van der Waals surface area contributed by atoms with Crippen molar-refractivity contribution >= 4 is 0 Å². The summed E-state index contributed by atoms with van der Waals surface area (Å²) in [5.74, 6) is -5.11. The van der Waals surface area contributed by atoms with E-state index >= 15 is 0 Å². The third kappa shape index (κ3) is 17.1. The fraction of sp³-hybridized carbons (Fsp3) is 0.0870. The van der Waals surface area contributed by atoms with E-state index in [1.54, 1.807) is 74.5 Å². The Kier molecular flexibility index (Phi) is 22.3. The number of halogens is 10. The fourth-order valence-electron chi connectivity index (χ4n) is 11.5. The Morgan fingerprint density at radius 2 is 0.294 bits per heavy atom. The minimum Gasteiger partial charge on any atom is -0.207 e. The molecule has 0 nitrogen and oxygen atoms in total. The van der Waals surface area contributed by atoms with Gasteiger partial charge in [-0.25, -0.2) is 43.9 Å². The Morgan fingerprint density at radius 1 is 0.137 bits per heavy atom. The molecular formula is C92H70F10. The molecule has 508 valence electrons. The van der Waals surface area contributed by atoms with Crippen molar-refractivity contribution in [2.45, 2.75) is 55.4 Å². The van der Waals surface area contributed by atoms with Crippen LogP contribution in [0, 0.1) is 114 Å². The standard InChI is InChI=1S/C26H19F3.C26H20F2.C20H15F3.C20H16F2/c1-16-3-5-18(6-4-16)19-7-9-20(10-8-19)21-11-12-23(26(29)13-21)22-14-24(27)17(2)25(28)15-22;1-17-3-6-19(7-4-17)20-9-11-21(12-10-20)22-13-14-24(26(28)15-22)23-8-5-18(2)25(27)16-23;1-12-3-5-14(6-4-12)15-7-8-17(20(23)9-15)16-10-18(21)13(2)19(22)11-16;1-13-3-6-15(7-4-13)16-9-10-18(20(22)11-16)17-8-5-14(2)19(21)12-17/h3-15H,1-2H3;3-16H,1-2H3;3-11H,1-2H3;3-12H,1-2H3. The van der Waals surface area contributed by atoms with Crippen LogP contribution in [-0.4, -0.2) is 0 Å². The Balaban J connectivity index is 0.000000138. The van der Waals surface area contributed by atoms with Crippen LogP contribution in [0.15, 0.2) is 279 Å². The summed E-state index contributed by atoms with van der Waals surface area (Å²) in [6.45, 7) is 14.2. The highest BCUT2D eigenvalue weighted by Gasteiger charge is 2.17. The van der Waals surface area contributed by atoms with Crippen LogP contribution in [-0.2, 0) is 0 Å². The van der Waals surface area contributed by atoms with Crippen molar-refractivity contribution in [2.75, 3.05) is 0 Å². The monoisotopic (exact) mass is 1360 g/mol. The van der Waals surface area contributed by atoms with Gasteiger partial charge >= 0.3 is 0 Å². The average molecular weight is 1370 g/mol. The van der Waals surface area contributed by atoms with Crippen LogP contribution in [0.1, 0.15) is 44.5 Å². The Hall–Kier alpha value is -11.6. The van der Waals surface area contributed by atoms with E-state index in [1.807, 2.05) is 130 Å². The summed E-state index contributed by atoms with van der Waals surface area (Å²) < 4.78 is 141. The van der Waals surface area contributed by atoms with Gasteiger partial charge in [0.05, 0.1) is 0 Å². The lowest BCUT2D eigenvalue weighted by Gasteiger charge is -2.10. The number of hydrogen-bond acceptors (Lipinski definition) is 0. The summed E-state index contributed by atoms with van der Waals surface area (Å²) in [5, 5.41) is 0. The van der Waals surface area contributed by atoms with Crippen LogP contribution in [0.4, 0.5) is 43.9 Å². The van der Waals surface area contributed by atoms with E-state index in [0.717, 1.165) is 96.6 Å². The van der Waals surface area contributed by atoms with E-state index in [0.29, 0.717) is 38.9 Å². The summed E-state index contributed by atoms with van der Waals surface area (Å²) >= 11 is 0. The van der Waals surface area contributed by atoms with Crippen molar-refractivity contribution in [2.24, 2.45) is 0 Å². The molecule has 0 fully saturated rings. The lowest BCUT2D eigenvalue weighted by Crippen LogP contribution is -1.93. The molecule has 10 heteroatoms. The summed E-state index contributed by atoms with van der Waals surface area (Å²) in [6, 6.07) is 82.0. The quantitative estimate of drug-likeness (QED) is 0.120. The molecule has 0 saturated heterocycles. The molecule has 102 heavy (non-hydrogen) atoms.